The van der Waals surface area contributed by atoms with Gasteiger partial charge in [0.2, 0.25) is 5.92 Å². The maximum absolute atomic E-state index is 13.1. The first-order valence-electron chi connectivity index (χ1n) is 6.25. The minimum absolute atomic E-state index is 0.200. The molecule has 0 atom stereocenters. The summed E-state index contributed by atoms with van der Waals surface area (Å²) in [5.41, 5.74) is 0.200. The quantitative estimate of drug-likeness (QED) is 0.582. The van der Waals surface area contributed by atoms with E-state index < -0.39 is 11.8 Å². The van der Waals surface area contributed by atoms with Gasteiger partial charge in [-0.25, -0.2) is 8.78 Å². The van der Waals surface area contributed by atoms with Crippen LogP contribution in [0.3, 0.4) is 0 Å². The number of halogens is 2. The Hall–Kier alpha value is -0.400. The van der Waals surface area contributed by atoms with Crippen LogP contribution in [0.4, 0.5) is 8.78 Å². The highest BCUT2D eigenvalue weighted by Crippen LogP contribution is 2.39. The first-order chi connectivity index (χ1) is 7.18. The molecular weight excluding hydrogens is 206 g/mol. The molecule has 0 bridgehead atoms. The second kappa shape index (κ2) is 4.85. The van der Waals surface area contributed by atoms with E-state index in [9.17, 15) is 8.78 Å². The summed E-state index contributed by atoms with van der Waals surface area (Å²) in [7, 11) is 0. The van der Waals surface area contributed by atoms with Crippen LogP contribution in [0.2, 0.25) is 0 Å². The molecule has 2 heteroatoms. The van der Waals surface area contributed by atoms with Crippen molar-refractivity contribution in [3.8, 4) is 0 Å². The van der Waals surface area contributed by atoms with E-state index in [2.05, 4.69) is 32.9 Å². The summed E-state index contributed by atoms with van der Waals surface area (Å²) in [6.07, 6.45) is 7.61. The van der Waals surface area contributed by atoms with E-state index in [0.717, 1.165) is 19.8 Å². The Labute approximate surface area is 98.1 Å². The Morgan fingerprint density at radius 1 is 0.938 bits per heavy atom. The summed E-state index contributed by atoms with van der Waals surface area (Å²) in [5.74, 6) is -2.37. The molecular formula is C14H24F2. The van der Waals surface area contributed by atoms with Crippen molar-refractivity contribution in [2.75, 3.05) is 0 Å². The smallest absolute Gasteiger partial charge is 0.207 e. The van der Waals surface area contributed by atoms with Gasteiger partial charge in [0.25, 0.3) is 0 Å². The third-order valence-corrected chi connectivity index (χ3v) is 3.36. The molecule has 0 radical (unpaired) electrons. The zero-order valence-corrected chi connectivity index (χ0v) is 10.9. The number of hydrogen-bond donors (Lipinski definition) is 0. The number of hydrogen-bond acceptors (Lipinski definition) is 0. The van der Waals surface area contributed by atoms with Gasteiger partial charge in [-0.15, -0.1) is 0 Å². The zero-order chi connectivity index (χ0) is 12.4. The molecule has 0 saturated heterocycles. The molecule has 0 aromatic rings. The minimum Gasteiger partial charge on any atom is -0.207 e. The highest BCUT2D eigenvalue weighted by Gasteiger charge is 2.36. The Morgan fingerprint density at radius 2 is 1.44 bits per heavy atom. The van der Waals surface area contributed by atoms with Crippen molar-refractivity contribution < 1.29 is 8.78 Å². The van der Waals surface area contributed by atoms with Gasteiger partial charge in [-0.3, -0.25) is 0 Å². The predicted molar refractivity (Wildman–Crippen MR) is 64.7 cm³/mol. The van der Waals surface area contributed by atoms with E-state index in [1.807, 2.05) is 0 Å². The van der Waals surface area contributed by atoms with E-state index in [4.69, 9.17) is 0 Å². The standard InChI is InChI=1S/C14H24F2/c1-13(2,3)10-9-11-5-7-12(8-6-11)14(4,15)16/h9-12H,5-8H2,1-4H3/b10-9+. The monoisotopic (exact) mass is 230 g/mol. The lowest BCUT2D eigenvalue weighted by molar-refractivity contribution is -0.0558. The summed E-state index contributed by atoms with van der Waals surface area (Å²) in [5, 5.41) is 0. The summed E-state index contributed by atoms with van der Waals surface area (Å²) < 4.78 is 26.2. The highest BCUT2D eigenvalue weighted by atomic mass is 19.3. The lowest BCUT2D eigenvalue weighted by atomic mass is 9.78. The number of rotatable bonds is 2. The van der Waals surface area contributed by atoms with Gasteiger partial charge in [-0.1, -0.05) is 32.9 Å². The second-order valence-electron chi connectivity index (χ2n) is 6.29. The van der Waals surface area contributed by atoms with Gasteiger partial charge in [0.15, 0.2) is 0 Å². The second-order valence-corrected chi connectivity index (χ2v) is 6.29. The molecule has 0 unspecified atom stereocenters. The van der Waals surface area contributed by atoms with Crippen molar-refractivity contribution in [2.24, 2.45) is 17.3 Å². The molecule has 0 aromatic heterocycles. The Morgan fingerprint density at radius 3 is 1.81 bits per heavy atom. The molecule has 1 aliphatic carbocycles. The van der Waals surface area contributed by atoms with Gasteiger partial charge < -0.3 is 0 Å². The van der Waals surface area contributed by atoms with E-state index in [1.165, 1.54) is 0 Å². The third-order valence-electron chi connectivity index (χ3n) is 3.36. The summed E-state index contributed by atoms with van der Waals surface area (Å²) in [4.78, 5) is 0. The average Bonchev–Trinajstić information content (AvgIpc) is 2.13. The molecule has 1 aliphatic rings. The van der Waals surface area contributed by atoms with Gasteiger partial charge in [0.05, 0.1) is 0 Å². The van der Waals surface area contributed by atoms with Crippen molar-refractivity contribution in [3.63, 3.8) is 0 Å². The maximum atomic E-state index is 13.1. The predicted octanol–water partition coefficient (Wildman–Crippen LogP) is 5.05. The van der Waals surface area contributed by atoms with Crippen LogP contribution >= 0.6 is 0 Å². The van der Waals surface area contributed by atoms with Crippen LogP contribution < -0.4 is 0 Å². The van der Waals surface area contributed by atoms with Crippen LogP contribution in [0.25, 0.3) is 0 Å². The molecule has 94 valence electrons. The average molecular weight is 230 g/mol. The van der Waals surface area contributed by atoms with Crippen LogP contribution in [-0.4, -0.2) is 5.92 Å². The molecule has 1 rings (SSSR count). The normalized spacial score (nSPS) is 28.6. The Balaban J connectivity index is 2.41. The SMILES string of the molecule is CC(C)(C)/C=C/C1CCC(C(C)(F)F)CC1. The molecule has 1 saturated carbocycles. The van der Waals surface area contributed by atoms with Crippen LogP contribution in [-0.2, 0) is 0 Å². The molecule has 16 heavy (non-hydrogen) atoms. The minimum atomic E-state index is -2.49. The van der Waals surface area contributed by atoms with Crippen molar-refractivity contribution in [1.82, 2.24) is 0 Å². The Bertz CT molecular complexity index is 234. The van der Waals surface area contributed by atoms with Crippen molar-refractivity contribution >= 4 is 0 Å². The van der Waals surface area contributed by atoms with Crippen LogP contribution in [0, 0.1) is 17.3 Å². The molecule has 0 N–H and O–H groups in total. The molecule has 0 amide bonds. The van der Waals surface area contributed by atoms with Gasteiger partial charge in [0.1, 0.15) is 0 Å². The van der Waals surface area contributed by atoms with Gasteiger partial charge in [0, 0.05) is 5.92 Å². The van der Waals surface area contributed by atoms with Gasteiger partial charge in [-0.05, 0) is 43.9 Å². The zero-order valence-electron chi connectivity index (χ0n) is 10.9. The van der Waals surface area contributed by atoms with E-state index in [-0.39, 0.29) is 5.41 Å². The Kier molecular flexibility index (Phi) is 4.14. The lowest BCUT2D eigenvalue weighted by Crippen LogP contribution is -2.28. The molecule has 0 nitrogen and oxygen atoms in total. The molecule has 0 heterocycles. The van der Waals surface area contributed by atoms with Crippen molar-refractivity contribution in [2.45, 2.75) is 59.3 Å². The van der Waals surface area contributed by atoms with Crippen LogP contribution in [0.1, 0.15) is 53.4 Å². The highest BCUT2D eigenvalue weighted by molar-refractivity contribution is 4.97. The maximum Gasteiger partial charge on any atom is 0.248 e. The summed E-state index contributed by atoms with van der Waals surface area (Å²) in [6, 6.07) is 0. The first kappa shape index (κ1) is 13.7. The van der Waals surface area contributed by atoms with Crippen LogP contribution in [0.15, 0.2) is 12.2 Å². The van der Waals surface area contributed by atoms with Crippen molar-refractivity contribution in [1.29, 1.82) is 0 Å². The van der Waals surface area contributed by atoms with Gasteiger partial charge >= 0.3 is 0 Å². The van der Waals surface area contributed by atoms with E-state index in [0.29, 0.717) is 18.8 Å². The first-order valence-corrected chi connectivity index (χ1v) is 6.25. The van der Waals surface area contributed by atoms with Crippen molar-refractivity contribution in [3.05, 3.63) is 12.2 Å². The molecule has 1 fully saturated rings. The topological polar surface area (TPSA) is 0 Å². The summed E-state index contributed by atoms with van der Waals surface area (Å²) in [6.45, 7) is 7.54. The molecule has 0 aromatic carbocycles. The molecule has 0 spiro atoms. The third kappa shape index (κ3) is 4.63. The fraction of sp³-hybridized carbons (Fsp3) is 0.857. The van der Waals surface area contributed by atoms with E-state index >= 15 is 0 Å². The lowest BCUT2D eigenvalue weighted by Gasteiger charge is -2.31. The number of alkyl halides is 2. The molecule has 0 aliphatic heterocycles. The fourth-order valence-corrected chi connectivity index (χ4v) is 2.24. The summed E-state index contributed by atoms with van der Waals surface area (Å²) >= 11 is 0. The number of allylic oxidation sites excluding steroid dienone is 2. The van der Waals surface area contributed by atoms with Gasteiger partial charge in [-0.2, -0.15) is 0 Å². The van der Waals surface area contributed by atoms with Crippen LogP contribution in [0.5, 0.6) is 0 Å². The van der Waals surface area contributed by atoms with E-state index in [1.54, 1.807) is 0 Å². The largest absolute Gasteiger partial charge is 0.248 e. The fourth-order valence-electron chi connectivity index (χ4n) is 2.24.